The highest BCUT2D eigenvalue weighted by atomic mass is 19.2. The Hall–Kier alpha value is -3.21. The number of carbonyl (C=O) groups excluding carboxylic acids is 1. The Morgan fingerprint density at radius 1 is 0.964 bits per heavy atom. The average molecular weight is 379 g/mol. The molecule has 1 aliphatic heterocycles. The first kappa shape index (κ1) is 18.2. The maximum absolute atomic E-state index is 14.1. The highest BCUT2D eigenvalue weighted by Gasteiger charge is 2.22. The molecule has 0 saturated carbocycles. The summed E-state index contributed by atoms with van der Waals surface area (Å²) in [6.45, 7) is 0.698. The molecule has 5 heteroatoms. The van der Waals surface area contributed by atoms with E-state index in [1.54, 1.807) is 0 Å². The van der Waals surface area contributed by atoms with E-state index in [0.717, 1.165) is 41.3 Å². The van der Waals surface area contributed by atoms with E-state index >= 15 is 0 Å². The molecular formula is C23H19F2NO2. The van der Waals surface area contributed by atoms with Crippen molar-refractivity contribution < 1.29 is 18.3 Å². The summed E-state index contributed by atoms with van der Waals surface area (Å²) in [7, 11) is 0. The van der Waals surface area contributed by atoms with Crippen molar-refractivity contribution in [2.75, 3.05) is 6.61 Å². The molecule has 1 N–H and O–H groups in total. The number of fused-ring (bicyclic) bond motifs is 1. The zero-order chi connectivity index (χ0) is 19.5. The number of ether oxygens (including phenoxy) is 1. The second-order valence-electron chi connectivity index (χ2n) is 6.74. The first-order valence-corrected chi connectivity index (χ1v) is 9.19. The molecule has 3 nitrogen and oxygen atoms in total. The fraction of sp³-hybridized carbons (Fsp3) is 0.174. The van der Waals surface area contributed by atoms with Gasteiger partial charge in [-0.05, 0) is 53.8 Å². The van der Waals surface area contributed by atoms with Crippen LogP contribution >= 0.6 is 0 Å². The summed E-state index contributed by atoms with van der Waals surface area (Å²) in [5, 5.41) is 2.85. The van der Waals surface area contributed by atoms with E-state index in [0.29, 0.717) is 6.61 Å². The number of hydrogen-bond acceptors (Lipinski definition) is 2. The maximum atomic E-state index is 14.1. The molecule has 142 valence electrons. The molecule has 0 bridgehead atoms. The second-order valence-corrected chi connectivity index (χ2v) is 6.74. The molecule has 0 aliphatic carbocycles. The summed E-state index contributed by atoms with van der Waals surface area (Å²) in [5.74, 6) is -2.01. The van der Waals surface area contributed by atoms with Gasteiger partial charge in [0, 0.05) is 0 Å². The number of halogens is 2. The molecular weight excluding hydrogens is 360 g/mol. The molecule has 1 aliphatic rings. The van der Waals surface area contributed by atoms with E-state index in [4.69, 9.17) is 4.74 Å². The van der Waals surface area contributed by atoms with Crippen molar-refractivity contribution in [1.29, 1.82) is 0 Å². The summed E-state index contributed by atoms with van der Waals surface area (Å²) in [5.41, 5.74) is 2.48. The smallest absolute Gasteiger partial charge is 0.255 e. The van der Waals surface area contributed by atoms with Gasteiger partial charge >= 0.3 is 0 Å². The van der Waals surface area contributed by atoms with Crippen LogP contribution in [0.25, 0.3) is 0 Å². The van der Waals surface area contributed by atoms with Crippen molar-refractivity contribution in [3.63, 3.8) is 0 Å². The molecule has 1 heterocycles. The van der Waals surface area contributed by atoms with Crippen LogP contribution in [0.4, 0.5) is 8.78 Å². The van der Waals surface area contributed by atoms with Gasteiger partial charge in [-0.15, -0.1) is 0 Å². The number of benzene rings is 3. The molecule has 4 rings (SSSR count). The van der Waals surface area contributed by atoms with Crippen LogP contribution < -0.4 is 10.1 Å². The number of rotatable bonds is 4. The van der Waals surface area contributed by atoms with Gasteiger partial charge < -0.3 is 10.1 Å². The van der Waals surface area contributed by atoms with E-state index in [2.05, 4.69) is 5.32 Å². The van der Waals surface area contributed by atoms with E-state index < -0.39 is 23.6 Å². The van der Waals surface area contributed by atoms with Crippen LogP contribution in [0.15, 0.2) is 66.7 Å². The van der Waals surface area contributed by atoms with Crippen molar-refractivity contribution >= 4 is 5.91 Å². The summed E-state index contributed by atoms with van der Waals surface area (Å²) in [4.78, 5) is 12.7. The van der Waals surface area contributed by atoms with E-state index in [1.165, 1.54) is 12.1 Å². The summed E-state index contributed by atoms with van der Waals surface area (Å²) >= 11 is 0. The van der Waals surface area contributed by atoms with Crippen molar-refractivity contribution in [2.24, 2.45) is 0 Å². The van der Waals surface area contributed by atoms with Crippen LogP contribution in [0.5, 0.6) is 5.75 Å². The molecule has 3 aromatic carbocycles. The third kappa shape index (κ3) is 3.60. The average Bonchev–Trinajstić information content (AvgIpc) is 2.74. The molecule has 28 heavy (non-hydrogen) atoms. The Bertz CT molecular complexity index is 1000. The van der Waals surface area contributed by atoms with E-state index in [9.17, 15) is 13.6 Å². The Morgan fingerprint density at radius 2 is 1.79 bits per heavy atom. The predicted molar refractivity (Wildman–Crippen MR) is 102 cm³/mol. The van der Waals surface area contributed by atoms with Gasteiger partial charge in [-0.3, -0.25) is 4.79 Å². The summed E-state index contributed by atoms with van der Waals surface area (Å²) in [6.07, 6.45) is 1.84. The molecule has 0 radical (unpaired) electrons. The normalized spacial score (nSPS) is 13.9. The molecule has 0 saturated heterocycles. The van der Waals surface area contributed by atoms with Crippen LogP contribution in [-0.2, 0) is 6.42 Å². The van der Waals surface area contributed by atoms with Crippen molar-refractivity contribution in [3.8, 4) is 5.75 Å². The topological polar surface area (TPSA) is 38.3 Å². The number of aryl methyl sites for hydroxylation is 1. The highest BCUT2D eigenvalue weighted by molar-refractivity contribution is 5.95. The summed E-state index contributed by atoms with van der Waals surface area (Å²) in [6, 6.07) is 18.3. The Labute approximate surface area is 162 Å². The highest BCUT2D eigenvalue weighted by Crippen LogP contribution is 2.30. The van der Waals surface area contributed by atoms with Gasteiger partial charge in [0.25, 0.3) is 5.91 Å². The molecule has 1 unspecified atom stereocenters. The van der Waals surface area contributed by atoms with E-state index in [1.807, 2.05) is 48.5 Å². The first-order valence-electron chi connectivity index (χ1n) is 9.19. The lowest BCUT2D eigenvalue weighted by atomic mass is 9.94. The zero-order valence-corrected chi connectivity index (χ0v) is 15.1. The number of nitrogens with one attached hydrogen (secondary N) is 1. The molecule has 0 fully saturated rings. The van der Waals surface area contributed by atoms with Gasteiger partial charge in [-0.2, -0.15) is 0 Å². The molecule has 0 aromatic heterocycles. The van der Waals surface area contributed by atoms with Gasteiger partial charge in [0.05, 0.1) is 18.2 Å². The van der Waals surface area contributed by atoms with Gasteiger partial charge in [-0.25, -0.2) is 8.78 Å². The first-order chi connectivity index (χ1) is 13.6. The monoisotopic (exact) mass is 379 g/mol. The van der Waals surface area contributed by atoms with Crippen molar-refractivity contribution in [2.45, 2.75) is 18.9 Å². The van der Waals surface area contributed by atoms with Crippen LogP contribution in [0, 0.1) is 11.6 Å². The van der Waals surface area contributed by atoms with Crippen molar-refractivity contribution in [3.05, 3.63) is 101 Å². The van der Waals surface area contributed by atoms with E-state index in [-0.39, 0.29) is 5.56 Å². The predicted octanol–water partition coefficient (Wildman–Crippen LogP) is 4.81. The van der Waals surface area contributed by atoms with Gasteiger partial charge in [0.15, 0.2) is 11.6 Å². The Balaban J connectivity index is 1.71. The molecule has 1 amide bonds. The van der Waals surface area contributed by atoms with Crippen LogP contribution in [-0.4, -0.2) is 12.5 Å². The SMILES string of the molecule is O=C(NC(c1ccccc1)c1ccc2c(c1)CCCO2)c1cccc(F)c1F. The number of carbonyl (C=O) groups is 1. The Kier molecular flexibility index (Phi) is 5.06. The van der Waals surface area contributed by atoms with Gasteiger partial charge in [0.1, 0.15) is 5.75 Å². The largest absolute Gasteiger partial charge is 0.493 e. The van der Waals surface area contributed by atoms with Crippen molar-refractivity contribution in [1.82, 2.24) is 5.32 Å². The van der Waals surface area contributed by atoms with Crippen LogP contribution in [0.3, 0.4) is 0 Å². The van der Waals surface area contributed by atoms with Gasteiger partial charge in [0.2, 0.25) is 0 Å². The van der Waals surface area contributed by atoms with Crippen LogP contribution in [0.1, 0.15) is 39.5 Å². The second kappa shape index (κ2) is 7.80. The maximum Gasteiger partial charge on any atom is 0.255 e. The van der Waals surface area contributed by atoms with Crippen LogP contribution in [0.2, 0.25) is 0 Å². The number of amides is 1. The number of hydrogen-bond donors (Lipinski definition) is 1. The minimum atomic E-state index is -1.15. The summed E-state index contributed by atoms with van der Waals surface area (Å²) < 4.78 is 33.3. The third-order valence-corrected chi connectivity index (χ3v) is 4.87. The van der Waals surface area contributed by atoms with Gasteiger partial charge in [-0.1, -0.05) is 42.5 Å². The fourth-order valence-electron chi connectivity index (χ4n) is 3.45. The lowest BCUT2D eigenvalue weighted by molar-refractivity contribution is 0.0938. The minimum absolute atomic E-state index is 0.317. The Morgan fingerprint density at radius 3 is 2.61 bits per heavy atom. The zero-order valence-electron chi connectivity index (χ0n) is 15.1. The minimum Gasteiger partial charge on any atom is -0.493 e. The fourth-order valence-corrected chi connectivity index (χ4v) is 3.45. The quantitative estimate of drug-likeness (QED) is 0.707. The molecule has 1 atom stereocenters. The molecule has 3 aromatic rings. The lowest BCUT2D eigenvalue weighted by Gasteiger charge is -2.23. The third-order valence-electron chi connectivity index (χ3n) is 4.87. The lowest BCUT2D eigenvalue weighted by Crippen LogP contribution is -2.30. The standard InChI is InChI=1S/C23H19F2NO2/c24-19-10-4-9-18(21(19)25)23(27)26-22(15-6-2-1-3-7-15)17-11-12-20-16(14-17)8-5-13-28-20/h1-4,6-7,9-12,14,22H,5,8,13H2,(H,26,27). The molecule has 0 spiro atoms.